The minimum absolute atomic E-state index is 0.181. The number of likely N-dealkylation sites (tertiary alicyclic amines) is 1. The van der Waals surface area contributed by atoms with Crippen molar-refractivity contribution in [2.24, 2.45) is 5.16 Å². The third-order valence-electron chi connectivity index (χ3n) is 5.23. The first-order valence-electron chi connectivity index (χ1n) is 9.55. The van der Waals surface area contributed by atoms with Crippen LogP contribution in [0.5, 0.6) is 0 Å². The molecule has 4 rings (SSSR count). The monoisotopic (exact) mass is 393 g/mol. The number of rotatable bonds is 3. The van der Waals surface area contributed by atoms with E-state index in [4.69, 9.17) is 4.84 Å². The molecule has 2 aliphatic rings. The minimum atomic E-state index is -0.638. The molecule has 150 valence electrons. The minimum Gasteiger partial charge on any atom is -0.386 e. The van der Waals surface area contributed by atoms with Gasteiger partial charge in [0.25, 0.3) is 5.91 Å². The fourth-order valence-corrected chi connectivity index (χ4v) is 3.62. The van der Waals surface area contributed by atoms with Crippen LogP contribution in [0.2, 0.25) is 0 Å². The molecule has 3 heterocycles. The average molecular weight is 393 g/mol. The number of urea groups is 1. The van der Waals surface area contributed by atoms with Crippen molar-refractivity contribution >= 4 is 29.0 Å². The van der Waals surface area contributed by atoms with E-state index in [0.29, 0.717) is 37.3 Å². The molecular formula is C21H23N5O3. The number of nitrogens with zero attached hydrogens (tertiary/aromatic N) is 3. The lowest BCUT2D eigenvalue weighted by molar-refractivity contribution is -0.110. The molecule has 1 atom stereocenters. The van der Waals surface area contributed by atoms with Gasteiger partial charge >= 0.3 is 6.03 Å². The molecule has 2 aromatic rings. The summed E-state index contributed by atoms with van der Waals surface area (Å²) >= 11 is 0. The number of benzene rings is 1. The summed E-state index contributed by atoms with van der Waals surface area (Å²) in [5.41, 5.74) is 2.90. The summed E-state index contributed by atoms with van der Waals surface area (Å²) in [6.07, 6.45) is 2.66. The Balaban J connectivity index is 1.35. The predicted molar refractivity (Wildman–Crippen MR) is 110 cm³/mol. The van der Waals surface area contributed by atoms with Crippen LogP contribution in [0.4, 0.5) is 16.2 Å². The van der Waals surface area contributed by atoms with Gasteiger partial charge in [0.2, 0.25) is 0 Å². The maximum Gasteiger partial charge on any atom is 0.321 e. The van der Waals surface area contributed by atoms with Gasteiger partial charge in [-0.3, -0.25) is 9.78 Å². The van der Waals surface area contributed by atoms with Crippen LogP contribution in [-0.4, -0.2) is 46.2 Å². The molecule has 8 nitrogen and oxygen atoms in total. The molecule has 2 aliphatic heterocycles. The quantitative estimate of drug-likeness (QED) is 0.838. The number of pyridine rings is 1. The molecule has 1 aromatic heterocycles. The number of amides is 3. The fourth-order valence-electron chi connectivity index (χ4n) is 3.62. The summed E-state index contributed by atoms with van der Waals surface area (Å²) in [5, 5.41) is 9.75. The van der Waals surface area contributed by atoms with Crippen LogP contribution >= 0.6 is 0 Å². The first kappa shape index (κ1) is 18.9. The maximum absolute atomic E-state index is 12.6. The van der Waals surface area contributed by atoms with Crippen molar-refractivity contribution < 1.29 is 14.4 Å². The molecule has 29 heavy (non-hydrogen) atoms. The van der Waals surface area contributed by atoms with Gasteiger partial charge in [0.1, 0.15) is 5.71 Å². The summed E-state index contributed by atoms with van der Waals surface area (Å²) in [7, 11) is 0. The van der Waals surface area contributed by atoms with Crippen LogP contribution in [0.1, 0.15) is 24.1 Å². The standard InChI is InChI=1S/C21H23N5O3/c1-14-5-3-6-16(11-14)23-20(28)26-10-8-21(13-26)12-18(25-29-21)19(27)24-17-7-4-9-22-15(17)2/h3-7,9,11H,8,10,12-13H2,1-2H3,(H,23,28)(H,24,27)/t21-/m0/s1. The van der Waals surface area contributed by atoms with Gasteiger partial charge in [0.05, 0.1) is 17.9 Å². The Morgan fingerprint density at radius 2 is 2.03 bits per heavy atom. The molecule has 0 aliphatic carbocycles. The van der Waals surface area contributed by atoms with Crippen LogP contribution in [0.25, 0.3) is 0 Å². The van der Waals surface area contributed by atoms with Crippen LogP contribution in [0.3, 0.4) is 0 Å². The smallest absolute Gasteiger partial charge is 0.321 e. The summed E-state index contributed by atoms with van der Waals surface area (Å²) in [5.74, 6) is -0.305. The Morgan fingerprint density at radius 1 is 1.17 bits per heavy atom. The van der Waals surface area contributed by atoms with Gasteiger partial charge in [-0.25, -0.2) is 4.79 Å². The number of anilines is 2. The van der Waals surface area contributed by atoms with E-state index in [1.54, 1.807) is 23.2 Å². The van der Waals surface area contributed by atoms with Crippen molar-refractivity contribution in [3.05, 3.63) is 53.9 Å². The largest absolute Gasteiger partial charge is 0.386 e. The highest BCUT2D eigenvalue weighted by Gasteiger charge is 2.48. The fraction of sp³-hybridized carbons (Fsp3) is 0.333. The van der Waals surface area contributed by atoms with E-state index in [-0.39, 0.29) is 11.9 Å². The van der Waals surface area contributed by atoms with Gasteiger partial charge in [0, 0.05) is 31.3 Å². The molecule has 0 radical (unpaired) electrons. The first-order chi connectivity index (χ1) is 13.9. The van der Waals surface area contributed by atoms with Gasteiger partial charge < -0.3 is 20.4 Å². The van der Waals surface area contributed by atoms with Gasteiger partial charge in [-0.15, -0.1) is 0 Å². The number of hydrogen-bond acceptors (Lipinski definition) is 5. The third kappa shape index (κ3) is 4.06. The molecule has 1 fully saturated rings. The lowest BCUT2D eigenvalue weighted by Gasteiger charge is -2.22. The molecule has 0 bridgehead atoms. The number of aromatic nitrogens is 1. The normalized spacial score (nSPS) is 20.3. The molecule has 1 saturated heterocycles. The van der Waals surface area contributed by atoms with Crippen LogP contribution in [0.15, 0.2) is 47.8 Å². The molecule has 8 heteroatoms. The van der Waals surface area contributed by atoms with Gasteiger partial charge in [0.15, 0.2) is 5.60 Å². The summed E-state index contributed by atoms with van der Waals surface area (Å²) in [6, 6.07) is 11.0. The molecule has 2 N–H and O–H groups in total. The third-order valence-corrected chi connectivity index (χ3v) is 5.23. The van der Waals surface area contributed by atoms with Gasteiger partial charge in [-0.2, -0.15) is 0 Å². The van der Waals surface area contributed by atoms with E-state index >= 15 is 0 Å². The van der Waals surface area contributed by atoms with Crippen LogP contribution < -0.4 is 10.6 Å². The van der Waals surface area contributed by atoms with Gasteiger partial charge in [-0.05, 0) is 43.7 Å². The summed E-state index contributed by atoms with van der Waals surface area (Å²) < 4.78 is 0. The molecule has 3 amide bonds. The topological polar surface area (TPSA) is 95.9 Å². The maximum atomic E-state index is 12.6. The average Bonchev–Trinajstić information content (AvgIpc) is 3.31. The predicted octanol–water partition coefficient (Wildman–Crippen LogP) is 3.09. The zero-order valence-corrected chi connectivity index (χ0v) is 16.4. The van der Waals surface area contributed by atoms with Crippen molar-refractivity contribution in [3.63, 3.8) is 0 Å². The Morgan fingerprint density at radius 3 is 2.83 bits per heavy atom. The van der Waals surface area contributed by atoms with E-state index in [1.165, 1.54) is 0 Å². The first-order valence-corrected chi connectivity index (χ1v) is 9.55. The van der Waals surface area contributed by atoms with E-state index in [0.717, 1.165) is 16.9 Å². The Labute approximate surface area is 168 Å². The van der Waals surface area contributed by atoms with E-state index < -0.39 is 5.60 Å². The SMILES string of the molecule is Cc1cccc(NC(=O)N2CC[C@]3(CC(C(=O)Nc4cccnc4C)=NO3)C2)c1. The number of carbonyl (C=O) groups excluding carboxylic acids is 2. The van der Waals surface area contributed by atoms with Crippen molar-refractivity contribution in [2.75, 3.05) is 23.7 Å². The Kier molecular flexibility index (Phi) is 4.92. The van der Waals surface area contributed by atoms with Crippen molar-refractivity contribution in [2.45, 2.75) is 32.3 Å². The molecular weight excluding hydrogens is 370 g/mol. The number of hydrogen-bond donors (Lipinski definition) is 2. The van der Waals surface area contributed by atoms with E-state index in [9.17, 15) is 9.59 Å². The van der Waals surface area contributed by atoms with Gasteiger partial charge in [-0.1, -0.05) is 17.3 Å². The zero-order chi connectivity index (χ0) is 20.4. The highest BCUT2D eigenvalue weighted by molar-refractivity contribution is 6.43. The molecule has 0 unspecified atom stereocenters. The highest BCUT2D eigenvalue weighted by Crippen LogP contribution is 2.34. The van der Waals surface area contributed by atoms with Crippen molar-refractivity contribution in [3.8, 4) is 0 Å². The highest BCUT2D eigenvalue weighted by atomic mass is 16.7. The Hall–Kier alpha value is -3.42. The van der Waals surface area contributed by atoms with E-state index in [2.05, 4.69) is 20.8 Å². The second kappa shape index (κ2) is 7.54. The lowest BCUT2D eigenvalue weighted by atomic mass is 9.96. The number of aryl methyl sites for hydroxylation is 2. The Bertz CT molecular complexity index is 990. The number of carbonyl (C=O) groups is 2. The molecule has 0 saturated carbocycles. The molecule has 1 spiro atoms. The van der Waals surface area contributed by atoms with Crippen molar-refractivity contribution in [1.82, 2.24) is 9.88 Å². The second-order valence-corrected chi connectivity index (χ2v) is 7.55. The summed E-state index contributed by atoms with van der Waals surface area (Å²) in [4.78, 5) is 36.7. The van der Waals surface area contributed by atoms with E-state index in [1.807, 2.05) is 38.1 Å². The number of oxime groups is 1. The lowest BCUT2D eigenvalue weighted by Crippen LogP contribution is -2.39. The zero-order valence-electron chi connectivity index (χ0n) is 16.4. The van der Waals surface area contributed by atoms with Crippen LogP contribution in [-0.2, 0) is 9.63 Å². The summed E-state index contributed by atoms with van der Waals surface area (Å²) in [6.45, 7) is 4.73. The molecule has 1 aromatic carbocycles. The van der Waals surface area contributed by atoms with Crippen LogP contribution in [0, 0.1) is 13.8 Å². The second-order valence-electron chi connectivity index (χ2n) is 7.55. The number of nitrogens with one attached hydrogen (secondary N) is 2. The van der Waals surface area contributed by atoms with Crippen molar-refractivity contribution in [1.29, 1.82) is 0 Å².